The second-order valence-electron chi connectivity index (χ2n) is 7.13. The third-order valence-electron chi connectivity index (χ3n) is 5.02. The van der Waals surface area contributed by atoms with Crippen LogP contribution in [0.5, 0.6) is 5.75 Å². The Hall–Kier alpha value is -2.88. The molecule has 0 aromatic heterocycles. The summed E-state index contributed by atoms with van der Waals surface area (Å²) >= 11 is 7.22. The Morgan fingerprint density at radius 3 is 2.44 bits per heavy atom. The van der Waals surface area contributed by atoms with Gasteiger partial charge in [-0.2, -0.15) is 5.26 Å². The van der Waals surface area contributed by atoms with Gasteiger partial charge in [0.25, 0.3) is 5.91 Å². The Morgan fingerprint density at radius 2 is 1.81 bits per heavy atom. The average Bonchev–Trinajstić information content (AvgIpc) is 2.80. The summed E-state index contributed by atoms with van der Waals surface area (Å²) in [7, 11) is 1.61. The molecule has 32 heavy (non-hydrogen) atoms. The minimum absolute atomic E-state index is 0.0112. The molecule has 0 unspecified atom stereocenters. The topological polar surface area (TPSA) is 62.1 Å². The maximum atomic E-state index is 12.6. The molecule has 6 heteroatoms. The molecule has 3 rings (SSSR count). The molecule has 0 heterocycles. The molecule has 1 amide bonds. The lowest BCUT2D eigenvalue weighted by atomic mass is 10.0. The van der Waals surface area contributed by atoms with Crippen molar-refractivity contribution in [2.75, 3.05) is 12.4 Å². The van der Waals surface area contributed by atoms with Crippen LogP contribution < -0.4 is 10.1 Å². The first-order valence-electron chi connectivity index (χ1n) is 10.1. The van der Waals surface area contributed by atoms with Gasteiger partial charge in [-0.25, -0.2) is 0 Å². The number of ether oxygens (including phenoxy) is 1. The second-order valence-corrected chi connectivity index (χ2v) is 8.83. The summed E-state index contributed by atoms with van der Waals surface area (Å²) in [5.74, 6) is 0.221. The first kappa shape index (κ1) is 23.8. The standard InChI is InChI=1S/C26H22Br2N2O2/c1-3-17-8-10-21(11-9-17)30-26(31)20(16-29)12-18-13-24(28)22(25(14-18)32-2)15-19-6-4-5-7-23(19)27/h4-14H,3,15H2,1-2H3,(H,30,31)/b20-12+. The molecular weight excluding hydrogens is 532 g/mol. The van der Waals surface area contributed by atoms with Crippen LogP contribution in [0.3, 0.4) is 0 Å². The monoisotopic (exact) mass is 552 g/mol. The molecule has 4 nitrogen and oxygen atoms in total. The van der Waals surface area contributed by atoms with Gasteiger partial charge in [0.2, 0.25) is 0 Å². The Kier molecular flexibility index (Phi) is 8.26. The highest BCUT2D eigenvalue weighted by atomic mass is 79.9. The lowest BCUT2D eigenvalue weighted by Gasteiger charge is -2.13. The summed E-state index contributed by atoms with van der Waals surface area (Å²) in [5.41, 5.74) is 4.64. The minimum Gasteiger partial charge on any atom is -0.496 e. The molecule has 162 valence electrons. The van der Waals surface area contributed by atoms with E-state index < -0.39 is 5.91 Å². The molecule has 0 radical (unpaired) electrons. The normalized spacial score (nSPS) is 11.0. The lowest BCUT2D eigenvalue weighted by molar-refractivity contribution is -0.112. The van der Waals surface area contributed by atoms with E-state index in [9.17, 15) is 10.1 Å². The fraction of sp³-hybridized carbons (Fsp3) is 0.154. The smallest absolute Gasteiger partial charge is 0.266 e. The molecule has 0 fully saturated rings. The number of anilines is 1. The largest absolute Gasteiger partial charge is 0.496 e. The first-order chi connectivity index (χ1) is 15.4. The van der Waals surface area contributed by atoms with Gasteiger partial charge in [0.1, 0.15) is 17.4 Å². The van der Waals surface area contributed by atoms with Gasteiger partial charge in [0, 0.05) is 26.6 Å². The van der Waals surface area contributed by atoms with Crippen molar-refractivity contribution in [1.82, 2.24) is 0 Å². The van der Waals surface area contributed by atoms with Gasteiger partial charge in [-0.1, -0.05) is 69.1 Å². The van der Waals surface area contributed by atoms with Crippen molar-refractivity contribution < 1.29 is 9.53 Å². The van der Waals surface area contributed by atoms with Crippen LogP contribution in [-0.4, -0.2) is 13.0 Å². The Balaban J connectivity index is 1.87. The fourth-order valence-corrected chi connectivity index (χ4v) is 4.26. The zero-order chi connectivity index (χ0) is 23.1. The second kappa shape index (κ2) is 11.1. The van der Waals surface area contributed by atoms with Gasteiger partial charge in [0.05, 0.1) is 7.11 Å². The van der Waals surface area contributed by atoms with Gasteiger partial charge >= 0.3 is 0 Å². The van der Waals surface area contributed by atoms with Crippen LogP contribution in [0.25, 0.3) is 6.08 Å². The molecule has 0 bridgehead atoms. The summed E-state index contributed by atoms with van der Waals surface area (Å²) < 4.78 is 7.48. The van der Waals surface area contributed by atoms with Crippen molar-refractivity contribution in [2.24, 2.45) is 0 Å². The summed E-state index contributed by atoms with van der Waals surface area (Å²) in [6.07, 6.45) is 3.14. The number of benzene rings is 3. The Bertz CT molecular complexity index is 1200. The van der Waals surface area contributed by atoms with E-state index in [0.29, 0.717) is 23.4 Å². The molecule has 0 atom stereocenters. The Morgan fingerprint density at radius 1 is 1.09 bits per heavy atom. The number of nitrogens with zero attached hydrogens (tertiary/aromatic N) is 1. The third-order valence-corrected chi connectivity index (χ3v) is 6.50. The van der Waals surface area contributed by atoms with Crippen LogP contribution >= 0.6 is 31.9 Å². The molecular formula is C26H22Br2N2O2. The molecule has 0 aliphatic heterocycles. The number of nitriles is 1. The van der Waals surface area contributed by atoms with Gasteiger partial charge in [-0.05, 0) is 59.5 Å². The van der Waals surface area contributed by atoms with Gasteiger partial charge in [0.15, 0.2) is 0 Å². The zero-order valence-corrected chi connectivity index (χ0v) is 21.0. The highest BCUT2D eigenvalue weighted by Crippen LogP contribution is 2.33. The van der Waals surface area contributed by atoms with Crippen LogP contribution in [0.15, 0.2) is 75.2 Å². The predicted octanol–water partition coefficient (Wildman–Crippen LogP) is 6.92. The maximum Gasteiger partial charge on any atom is 0.266 e. The van der Waals surface area contributed by atoms with Crippen molar-refractivity contribution in [3.05, 3.63) is 97.4 Å². The quantitative estimate of drug-likeness (QED) is 0.255. The van der Waals surface area contributed by atoms with E-state index in [1.54, 1.807) is 13.2 Å². The number of carbonyl (C=O) groups is 1. The average molecular weight is 554 g/mol. The van der Waals surface area contributed by atoms with Gasteiger partial charge in [-0.15, -0.1) is 0 Å². The number of nitrogens with one attached hydrogen (secondary N) is 1. The summed E-state index contributed by atoms with van der Waals surface area (Å²) in [6, 6.07) is 21.3. The fourth-order valence-electron chi connectivity index (χ4n) is 3.24. The minimum atomic E-state index is -0.455. The van der Waals surface area contributed by atoms with Crippen LogP contribution in [0.2, 0.25) is 0 Å². The van der Waals surface area contributed by atoms with Crippen molar-refractivity contribution in [2.45, 2.75) is 19.8 Å². The summed E-state index contributed by atoms with van der Waals surface area (Å²) in [5, 5.41) is 12.3. The SMILES string of the molecule is CCc1ccc(NC(=O)/C(C#N)=C/c2cc(Br)c(Cc3ccccc3Br)c(OC)c2)cc1. The van der Waals surface area contributed by atoms with Crippen LogP contribution in [0, 0.1) is 11.3 Å². The van der Waals surface area contributed by atoms with Crippen molar-refractivity contribution in [1.29, 1.82) is 5.26 Å². The molecule has 0 aliphatic rings. The summed E-state index contributed by atoms with van der Waals surface area (Å²) in [4.78, 5) is 12.6. The zero-order valence-electron chi connectivity index (χ0n) is 17.8. The number of hydrogen-bond donors (Lipinski definition) is 1. The summed E-state index contributed by atoms with van der Waals surface area (Å²) in [6.45, 7) is 2.07. The number of halogens is 2. The molecule has 0 saturated carbocycles. The van der Waals surface area contributed by atoms with Gasteiger partial charge in [-0.3, -0.25) is 4.79 Å². The predicted molar refractivity (Wildman–Crippen MR) is 136 cm³/mol. The number of amides is 1. The van der Waals surface area contributed by atoms with E-state index in [1.165, 1.54) is 5.56 Å². The van der Waals surface area contributed by atoms with E-state index in [1.807, 2.05) is 60.7 Å². The molecule has 0 saturated heterocycles. The van der Waals surface area contributed by atoms with Gasteiger partial charge < -0.3 is 10.1 Å². The van der Waals surface area contributed by atoms with Crippen molar-refractivity contribution in [3.63, 3.8) is 0 Å². The van der Waals surface area contributed by atoms with E-state index in [0.717, 1.165) is 26.5 Å². The number of carbonyl (C=O) groups excluding carboxylic acids is 1. The third kappa shape index (κ3) is 5.87. The molecule has 3 aromatic carbocycles. The van der Waals surface area contributed by atoms with E-state index in [4.69, 9.17) is 4.74 Å². The van der Waals surface area contributed by atoms with E-state index >= 15 is 0 Å². The molecule has 0 spiro atoms. The highest BCUT2D eigenvalue weighted by Gasteiger charge is 2.14. The Labute approximate surface area is 205 Å². The number of methoxy groups -OCH3 is 1. The molecule has 0 aliphatic carbocycles. The number of hydrogen-bond acceptors (Lipinski definition) is 3. The molecule has 3 aromatic rings. The lowest BCUT2D eigenvalue weighted by Crippen LogP contribution is -2.13. The van der Waals surface area contributed by atoms with E-state index in [-0.39, 0.29) is 5.57 Å². The van der Waals surface area contributed by atoms with Crippen LogP contribution in [0.1, 0.15) is 29.2 Å². The van der Waals surface area contributed by atoms with Crippen LogP contribution in [0.4, 0.5) is 5.69 Å². The van der Waals surface area contributed by atoms with Crippen molar-refractivity contribution >= 4 is 49.5 Å². The molecule has 1 N–H and O–H groups in total. The number of aryl methyl sites for hydroxylation is 1. The highest BCUT2D eigenvalue weighted by molar-refractivity contribution is 9.10. The van der Waals surface area contributed by atoms with E-state index in [2.05, 4.69) is 50.2 Å². The van der Waals surface area contributed by atoms with Crippen LogP contribution in [-0.2, 0) is 17.6 Å². The maximum absolute atomic E-state index is 12.6. The number of rotatable bonds is 7. The first-order valence-corrected chi connectivity index (χ1v) is 11.7. The van der Waals surface area contributed by atoms with Crippen molar-refractivity contribution in [3.8, 4) is 11.8 Å².